The molecule has 1 saturated heterocycles. The number of likely N-dealkylation sites (N-methyl/N-ethyl adjacent to an activating group) is 1. The Labute approximate surface area is 280 Å². The minimum Gasteiger partial charge on any atom is -0.445 e. The van der Waals surface area contributed by atoms with Gasteiger partial charge in [-0.1, -0.05) is 85.3 Å². The summed E-state index contributed by atoms with van der Waals surface area (Å²) in [7, 11) is -2.14. The van der Waals surface area contributed by atoms with Crippen LogP contribution in [0, 0.1) is 5.92 Å². The lowest BCUT2D eigenvalue weighted by molar-refractivity contribution is 0.0439. The third kappa shape index (κ3) is 8.89. The number of halogens is 1. The van der Waals surface area contributed by atoms with Gasteiger partial charge in [-0.25, -0.2) is 13.2 Å². The van der Waals surface area contributed by atoms with E-state index < -0.39 is 15.4 Å². The van der Waals surface area contributed by atoms with E-state index in [1.54, 1.807) is 37.4 Å². The molecule has 1 aliphatic heterocycles. The molecule has 1 heterocycles. The van der Waals surface area contributed by atoms with Crippen molar-refractivity contribution in [2.75, 3.05) is 46.4 Å². The minimum absolute atomic E-state index is 0. The lowest BCUT2D eigenvalue weighted by atomic mass is 9.77. The van der Waals surface area contributed by atoms with Crippen LogP contribution in [0.15, 0.2) is 95.9 Å². The molecule has 3 aromatic carbocycles. The van der Waals surface area contributed by atoms with Crippen molar-refractivity contribution in [1.82, 2.24) is 14.1 Å². The van der Waals surface area contributed by atoms with Gasteiger partial charge in [-0.2, -0.15) is 4.31 Å². The van der Waals surface area contributed by atoms with Gasteiger partial charge in [-0.15, -0.1) is 12.4 Å². The number of hydrogen-bond donors (Lipinski definition) is 1. The molecule has 2 fully saturated rings. The van der Waals surface area contributed by atoms with Gasteiger partial charge in [0.1, 0.15) is 6.61 Å². The lowest BCUT2D eigenvalue weighted by Crippen LogP contribution is -2.51. The first-order valence-electron chi connectivity index (χ1n) is 16.2. The summed E-state index contributed by atoms with van der Waals surface area (Å²) < 4.78 is 34.0. The van der Waals surface area contributed by atoms with Crippen LogP contribution in [-0.4, -0.2) is 86.1 Å². The summed E-state index contributed by atoms with van der Waals surface area (Å²) in [5.74, 6) is 0.549. The normalized spacial score (nSPS) is 17.5. The molecule has 10 heteroatoms. The first kappa shape index (κ1) is 35.9. The average Bonchev–Trinajstić information content (AvgIpc) is 3.06. The number of amides is 1. The summed E-state index contributed by atoms with van der Waals surface area (Å²) in [5.41, 5.74) is 1.13. The molecule has 2 aliphatic rings. The van der Waals surface area contributed by atoms with E-state index in [-0.39, 0.29) is 49.2 Å². The molecule has 1 aliphatic carbocycles. The molecular weight excluding hydrogens is 622 g/mol. The van der Waals surface area contributed by atoms with Gasteiger partial charge in [0.25, 0.3) is 0 Å². The number of rotatable bonds is 14. The van der Waals surface area contributed by atoms with Crippen LogP contribution in [0.3, 0.4) is 0 Å². The fourth-order valence-electron chi connectivity index (χ4n) is 6.57. The number of hydrogen-bond acceptors (Lipinski definition) is 6. The second-order valence-corrected chi connectivity index (χ2v) is 14.7. The molecule has 1 N–H and O–H groups in total. The fourth-order valence-corrected chi connectivity index (χ4v) is 7.84. The van der Waals surface area contributed by atoms with Gasteiger partial charge in [0, 0.05) is 44.7 Å². The summed E-state index contributed by atoms with van der Waals surface area (Å²) in [6.45, 7) is 3.37. The summed E-state index contributed by atoms with van der Waals surface area (Å²) in [5, 5.41) is 10.9. The van der Waals surface area contributed by atoms with E-state index in [9.17, 15) is 18.3 Å². The zero-order chi connectivity index (χ0) is 31.7. The largest absolute Gasteiger partial charge is 0.445 e. The van der Waals surface area contributed by atoms with E-state index in [0.29, 0.717) is 18.9 Å². The number of carbonyl (C=O) groups is 1. The SMILES string of the molecule is CN(CC(CO)(CCN1CCC(N(CC2CCC2)C(=O)OCc2ccccc2)CC1)c1ccccc1)S(=O)(=O)c1ccccc1.Cl. The van der Waals surface area contributed by atoms with E-state index >= 15 is 0 Å². The van der Waals surface area contributed by atoms with Gasteiger partial charge in [0.05, 0.1) is 11.5 Å². The van der Waals surface area contributed by atoms with E-state index in [1.165, 1.54) is 23.6 Å². The molecule has 1 unspecified atom stereocenters. The van der Waals surface area contributed by atoms with Crippen molar-refractivity contribution in [2.24, 2.45) is 5.92 Å². The monoisotopic (exact) mass is 669 g/mol. The van der Waals surface area contributed by atoms with Gasteiger partial charge in [0.2, 0.25) is 10.0 Å². The predicted octanol–water partition coefficient (Wildman–Crippen LogP) is 5.95. The second-order valence-electron chi connectivity index (χ2n) is 12.7. The topological polar surface area (TPSA) is 90.4 Å². The summed E-state index contributed by atoms with van der Waals surface area (Å²) in [6, 6.07) is 28.1. The van der Waals surface area contributed by atoms with Gasteiger partial charge in [-0.3, -0.25) is 0 Å². The standard InChI is InChI=1S/C36H47N3O5S.ClH/c1-37(45(42,43)34-18-9-4-10-19-34)28-36(29-40,32-16-7-3-8-17-32)22-25-38-23-20-33(21-24-38)39(26-30-14-11-15-30)35(41)44-27-31-12-5-2-6-13-31;/h2-10,12-13,16-19,30,33,40H,11,14-15,20-29H2,1H3;1H. The van der Waals surface area contributed by atoms with E-state index in [1.807, 2.05) is 65.6 Å². The molecule has 5 rings (SSSR count). The molecule has 0 spiro atoms. The first-order valence-corrected chi connectivity index (χ1v) is 17.6. The van der Waals surface area contributed by atoms with Crippen molar-refractivity contribution in [3.05, 3.63) is 102 Å². The van der Waals surface area contributed by atoms with Crippen LogP contribution < -0.4 is 0 Å². The Kier molecular flexibility index (Phi) is 13.1. The second kappa shape index (κ2) is 16.7. The zero-order valence-corrected chi connectivity index (χ0v) is 28.4. The van der Waals surface area contributed by atoms with Crippen LogP contribution in [0.2, 0.25) is 0 Å². The van der Waals surface area contributed by atoms with Crippen LogP contribution in [0.5, 0.6) is 0 Å². The Balaban J connectivity index is 0.00000480. The van der Waals surface area contributed by atoms with Crippen LogP contribution in [0.4, 0.5) is 4.79 Å². The molecule has 8 nitrogen and oxygen atoms in total. The summed E-state index contributed by atoms with van der Waals surface area (Å²) in [4.78, 5) is 17.9. The molecule has 3 aromatic rings. The molecule has 1 amide bonds. The van der Waals surface area contributed by atoms with Crippen molar-refractivity contribution in [3.63, 3.8) is 0 Å². The average molecular weight is 670 g/mol. The highest BCUT2D eigenvalue weighted by Gasteiger charge is 2.38. The van der Waals surface area contributed by atoms with Gasteiger partial charge in [0.15, 0.2) is 0 Å². The van der Waals surface area contributed by atoms with Crippen LogP contribution in [-0.2, 0) is 26.8 Å². The number of piperidine rings is 1. The molecule has 0 radical (unpaired) electrons. The maximum absolute atomic E-state index is 13.4. The smallest absolute Gasteiger partial charge is 0.410 e. The maximum Gasteiger partial charge on any atom is 0.410 e. The Hall–Kier alpha value is -2.95. The van der Waals surface area contributed by atoms with Crippen molar-refractivity contribution < 1.29 is 23.1 Å². The molecule has 250 valence electrons. The third-order valence-corrected chi connectivity index (χ3v) is 11.5. The molecule has 1 atom stereocenters. The van der Waals surface area contributed by atoms with Crippen molar-refractivity contribution >= 4 is 28.5 Å². The quantitative estimate of drug-likeness (QED) is 0.228. The number of aliphatic hydroxyl groups is 1. The highest BCUT2D eigenvalue weighted by atomic mass is 35.5. The summed E-state index contributed by atoms with van der Waals surface area (Å²) in [6.07, 6.45) is 5.63. The van der Waals surface area contributed by atoms with Crippen LogP contribution in [0.1, 0.15) is 49.7 Å². The molecule has 46 heavy (non-hydrogen) atoms. The zero-order valence-electron chi connectivity index (χ0n) is 26.7. The molecular formula is C36H48ClN3O5S. The van der Waals surface area contributed by atoms with E-state index in [2.05, 4.69) is 4.90 Å². The Morgan fingerprint density at radius 2 is 1.50 bits per heavy atom. The van der Waals surface area contributed by atoms with E-state index in [0.717, 1.165) is 43.6 Å². The number of aliphatic hydroxyl groups excluding tert-OH is 1. The molecule has 0 bridgehead atoms. The Morgan fingerprint density at radius 3 is 2.07 bits per heavy atom. The van der Waals surface area contributed by atoms with Gasteiger partial charge in [-0.05, 0) is 67.8 Å². The minimum atomic E-state index is -3.73. The van der Waals surface area contributed by atoms with Crippen molar-refractivity contribution in [1.29, 1.82) is 0 Å². The number of benzene rings is 3. The van der Waals surface area contributed by atoms with Gasteiger partial charge < -0.3 is 19.6 Å². The molecule has 0 aromatic heterocycles. The van der Waals surface area contributed by atoms with Crippen LogP contribution >= 0.6 is 12.4 Å². The number of nitrogens with zero attached hydrogens (tertiary/aromatic N) is 3. The highest BCUT2D eigenvalue weighted by Crippen LogP contribution is 2.33. The summed E-state index contributed by atoms with van der Waals surface area (Å²) >= 11 is 0. The van der Waals surface area contributed by atoms with Crippen LogP contribution in [0.25, 0.3) is 0 Å². The number of likely N-dealkylation sites (tertiary alicyclic amines) is 1. The van der Waals surface area contributed by atoms with Gasteiger partial charge >= 0.3 is 6.09 Å². The van der Waals surface area contributed by atoms with Crippen molar-refractivity contribution in [2.45, 2.75) is 61.5 Å². The van der Waals surface area contributed by atoms with Crippen molar-refractivity contribution in [3.8, 4) is 0 Å². The van der Waals surface area contributed by atoms with E-state index in [4.69, 9.17) is 4.74 Å². The number of carbonyl (C=O) groups excluding carboxylic acids is 1. The fraction of sp³-hybridized carbons (Fsp3) is 0.472. The first-order chi connectivity index (χ1) is 21.8. The predicted molar refractivity (Wildman–Crippen MR) is 183 cm³/mol. The Morgan fingerprint density at radius 1 is 0.913 bits per heavy atom. The molecule has 1 saturated carbocycles. The lowest BCUT2D eigenvalue weighted by Gasteiger charge is -2.42. The Bertz CT molecular complexity index is 1450. The number of sulfonamides is 1. The maximum atomic E-state index is 13.4. The third-order valence-electron chi connectivity index (χ3n) is 9.69. The highest BCUT2D eigenvalue weighted by molar-refractivity contribution is 7.89. The number of ether oxygens (including phenoxy) is 1.